The van der Waals surface area contributed by atoms with E-state index in [9.17, 15) is 13.6 Å². The van der Waals surface area contributed by atoms with Crippen molar-refractivity contribution in [3.63, 3.8) is 0 Å². The zero-order chi connectivity index (χ0) is 14.7. The molecule has 0 saturated heterocycles. The third-order valence-electron chi connectivity index (χ3n) is 3.07. The summed E-state index contributed by atoms with van der Waals surface area (Å²) in [6.45, 7) is 1.78. The van der Waals surface area contributed by atoms with Gasteiger partial charge in [0.25, 0.3) is 0 Å². The van der Waals surface area contributed by atoms with E-state index in [4.69, 9.17) is 0 Å². The summed E-state index contributed by atoms with van der Waals surface area (Å²) < 4.78 is 27.1. The Kier molecular flexibility index (Phi) is 4.13. The number of nitrogens with zero attached hydrogens (tertiary/aromatic N) is 1. The normalized spacial score (nSPS) is 10.4. The summed E-state index contributed by atoms with van der Waals surface area (Å²) in [6, 6.07) is 10.5. The summed E-state index contributed by atoms with van der Waals surface area (Å²) in [4.78, 5) is 12.9. The van der Waals surface area contributed by atoms with Crippen LogP contribution in [0.5, 0.6) is 0 Å². The first-order valence-corrected chi connectivity index (χ1v) is 6.23. The molecule has 0 saturated carbocycles. The van der Waals surface area contributed by atoms with Gasteiger partial charge in [-0.1, -0.05) is 12.1 Å². The molecule has 0 aliphatic carbocycles. The molecule has 0 aliphatic heterocycles. The number of hydrogen-bond donors (Lipinski definition) is 0. The van der Waals surface area contributed by atoms with Gasteiger partial charge in [0.05, 0.1) is 5.69 Å². The minimum atomic E-state index is -0.461. The van der Waals surface area contributed by atoms with E-state index >= 15 is 0 Å². The lowest BCUT2D eigenvalue weighted by Gasteiger charge is -2.20. The van der Waals surface area contributed by atoms with Crippen LogP contribution in [0.1, 0.15) is 22.8 Å². The van der Waals surface area contributed by atoms with Crippen LogP contribution in [0, 0.1) is 11.6 Å². The zero-order valence-corrected chi connectivity index (χ0v) is 11.4. The third kappa shape index (κ3) is 3.20. The van der Waals surface area contributed by atoms with Gasteiger partial charge in [-0.25, -0.2) is 8.78 Å². The first-order chi connectivity index (χ1) is 9.47. The number of Topliss-reactive ketones (excluding diaryl/α,β-unsaturated/α-hetero) is 1. The van der Waals surface area contributed by atoms with Crippen LogP contribution < -0.4 is 4.90 Å². The van der Waals surface area contributed by atoms with Crippen LogP contribution in [-0.4, -0.2) is 12.8 Å². The average Bonchev–Trinajstić information content (AvgIpc) is 2.38. The van der Waals surface area contributed by atoms with Crippen molar-refractivity contribution in [1.82, 2.24) is 0 Å². The number of ketones is 1. The molecular weight excluding hydrogens is 260 g/mol. The topological polar surface area (TPSA) is 20.3 Å². The van der Waals surface area contributed by atoms with Gasteiger partial charge in [0, 0.05) is 19.2 Å². The summed E-state index contributed by atoms with van der Waals surface area (Å²) >= 11 is 0. The van der Waals surface area contributed by atoms with Crippen LogP contribution in [-0.2, 0) is 6.54 Å². The van der Waals surface area contributed by atoms with Gasteiger partial charge in [0.1, 0.15) is 11.6 Å². The summed E-state index contributed by atoms with van der Waals surface area (Å²) in [5.41, 5.74) is 1.47. The molecule has 20 heavy (non-hydrogen) atoms. The van der Waals surface area contributed by atoms with Crippen LogP contribution in [0.4, 0.5) is 14.5 Å². The fraction of sp³-hybridized carbons (Fsp3) is 0.188. The number of anilines is 1. The molecule has 0 N–H and O–H groups in total. The van der Waals surface area contributed by atoms with Gasteiger partial charge in [0.2, 0.25) is 0 Å². The largest absolute Gasteiger partial charge is 0.368 e. The van der Waals surface area contributed by atoms with Crippen molar-refractivity contribution in [2.75, 3.05) is 11.9 Å². The molecule has 104 valence electrons. The van der Waals surface area contributed by atoms with Crippen LogP contribution in [0.2, 0.25) is 0 Å². The Hall–Kier alpha value is -2.23. The highest BCUT2D eigenvalue weighted by atomic mass is 19.1. The van der Waals surface area contributed by atoms with Gasteiger partial charge in [0.15, 0.2) is 5.78 Å². The number of rotatable bonds is 4. The van der Waals surface area contributed by atoms with E-state index in [2.05, 4.69) is 0 Å². The SMILES string of the molecule is CC(=O)c1ccc(N(C)Cc2cccc(F)c2)c(F)c1. The lowest BCUT2D eigenvalue weighted by Crippen LogP contribution is -2.18. The number of hydrogen-bond acceptors (Lipinski definition) is 2. The Balaban J connectivity index is 2.21. The maximum absolute atomic E-state index is 14.0. The van der Waals surface area contributed by atoms with E-state index in [1.807, 2.05) is 0 Å². The first-order valence-electron chi connectivity index (χ1n) is 6.23. The predicted molar refractivity (Wildman–Crippen MR) is 74.9 cm³/mol. The Morgan fingerprint density at radius 1 is 1.15 bits per heavy atom. The molecule has 2 aromatic rings. The number of carbonyl (C=O) groups is 1. The van der Waals surface area contributed by atoms with E-state index in [0.29, 0.717) is 17.8 Å². The molecule has 0 fully saturated rings. The molecule has 0 spiro atoms. The fourth-order valence-corrected chi connectivity index (χ4v) is 2.03. The number of carbonyl (C=O) groups excluding carboxylic acids is 1. The van der Waals surface area contributed by atoms with Crippen LogP contribution in [0.15, 0.2) is 42.5 Å². The average molecular weight is 275 g/mol. The molecular formula is C16H15F2NO. The van der Waals surface area contributed by atoms with Crippen molar-refractivity contribution in [1.29, 1.82) is 0 Å². The zero-order valence-electron chi connectivity index (χ0n) is 11.4. The third-order valence-corrected chi connectivity index (χ3v) is 3.07. The second-order valence-corrected chi connectivity index (χ2v) is 4.71. The van der Waals surface area contributed by atoms with Gasteiger partial charge >= 0.3 is 0 Å². The first kappa shape index (κ1) is 14.2. The van der Waals surface area contributed by atoms with Crippen LogP contribution >= 0.6 is 0 Å². The predicted octanol–water partition coefficient (Wildman–Crippen LogP) is 3.80. The second kappa shape index (κ2) is 5.82. The molecule has 0 amide bonds. The van der Waals surface area contributed by atoms with Crippen molar-refractivity contribution in [3.05, 3.63) is 65.2 Å². The van der Waals surface area contributed by atoms with E-state index in [1.165, 1.54) is 25.1 Å². The van der Waals surface area contributed by atoms with Gasteiger partial charge in [-0.15, -0.1) is 0 Å². The summed E-state index contributed by atoms with van der Waals surface area (Å²) in [7, 11) is 1.72. The number of halogens is 2. The van der Waals surface area contributed by atoms with Gasteiger partial charge in [-0.2, -0.15) is 0 Å². The summed E-state index contributed by atoms with van der Waals surface area (Å²) in [6.07, 6.45) is 0. The van der Waals surface area contributed by atoms with E-state index in [-0.39, 0.29) is 11.6 Å². The molecule has 2 aromatic carbocycles. The molecule has 0 radical (unpaired) electrons. The van der Waals surface area contributed by atoms with Crippen molar-refractivity contribution in [2.45, 2.75) is 13.5 Å². The highest BCUT2D eigenvalue weighted by Crippen LogP contribution is 2.21. The summed E-state index contributed by atoms with van der Waals surface area (Å²) in [5, 5.41) is 0. The highest BCUT2D eigenvalue weighted by molar-refractivity contribution is 5.94. The minimum Gasteiger partial charge on any atom is -0.368 e. The van der Waals surface area contributed by atoms with Crippen molar-refractivity contribution in [2.24, 2.45) is 0 Å². The fourth-order valence-electron chi connectivity index (χ4n) is 2.03. The molecule has 2 rings (SSSR count). The molecule has 0 atom stereocenters. The van der Waals surface area contributed by atoms with E-state index in [0.717, 1.165) is 5.56 Å². The molecule has 4 heteroatoms. The Morgan fingerprint density at radius 3 is 2.50 bits per heavy atom. The monoisotopic (exact) mass is 275 g/mol. The molecule has 0 unspecified atom stereocenters. The quantitative estimate of drug-likeness (QED) is 0.791. The lowest BCUT2D eigenvalue weighted by atomic mass is 10.1. The van der Waals surface area contributed by atoms with E-state index < -0.39 is 5.82 Å². The highest BCUT2D eigenvalue weighted by Gasteiger charge is 2.11. The molecule has 0 heterocycles. The minimum absolute atomic E-state index is 0.178. The maximum atomic E-state index is 14.0. The summed E-state index contributed by atoms with van der Waals surface area (Å²) in [5.74, 6) is -0.955. The molecule has 0 bridgehead atoms. The number of benzene rings is 2. The Labute approximate surface area is 116 Å². The van der Waals surface area contributed by atoms with E-state index in [1.54, 1.807) is 36.2 Å². The molecule has 0 aromatic heterocycles. The van der Waals surface area contributed by atoms with Gasteiger partial charge in [-0.3, -0.25) is 4.79 Å². The van der Waals surface area contributed by atoms with Crippen LogP contribution in [0.3, 0.4) is 0 Å². The van der Waals surface area contributed by atoms with Crippen molar-refractivity contribution < 1.29 is 13.6 Å². The molecule has 0 aliphatic rings. The Bertz CT molecular complexity index is 640. The Morgan fingerprint density at radius 2 is 1.90 bits per heavy atom. The standard InChI is InChI=1S/C16H15F2NO/c1-11(20)13-6-7-16(15(18)9-13)19(2)10-12-4-3-5-14(17)8-12/h3-9H,10H2,1-2H3. The van der Waals surface area contributed by atoms with Crippen molar-refractivity contribution >= 4 is 11.5 Å². The van der Waals surface area contributed by atoms with Crippen LogP contribution in [0.25, 0.3) is 0 Å². The second-order valence-electron chi connectivity index (χ2n) is 4.71. The van der Waals surface area contributed by atoms with Gasteiger partial charge in [-0.05, 0) is 42.8 Å². The maximum Gasteiger partial charge on any atom is 0.159 e. The lowest BCUT2D eigenvalue weighted by molar-refractivity contribution is 0.101. The molecule has 2 nitrogen and oxygen atoms in total. The van der Waals surface area contributed by atoms with Crippen molar-refractivity contribution in [3.8, 4) is 0 Å². The van der Waals surface area contributed by atoms with Gasteiger partial charge < -0.3 is 4.90 Å². The smallest absolute Gasteiger partial charge is 0.159 e.